The molecule has 0 saturated carbocycles. The maximum atomic E-state index is 12.0. The average Bonchev–Trinajstić information content (AvgIpc) is 2.26. The van der Waals surface area contributed by atoms with Gasteiger partial charge < -0.3 is 5.32 Å². The molecule has 0 aliphatic carbocycles. The Labute approximate surface area is 115 Å². The molecular formula is C16H23NO2. The van der Waals surface area contributed by atoms with Gasteiger partial charge in [-0.3, -0.25) is 9.59 Å². The predicted octanol–water partition coefficient (Wildman–Crippen LogP) is 3.78. The van der Waals surface area contributed by atoms with Crippen LogP contribution in [0.5, 0.6) is 0 Å². The highest BCUT2D eigenvalue weighted by Gasteiger charge is 2.23. The molecule has 1 amide bonds. The molecule has 0 bridgehead atoms. The van der Waals surface area contributed by atoms with Crippen molar-refractivity contribution in [3.8, 4) is 0 Å². The Morgan fingerprint density at radius 3 is 2.11 bits per heavy atom. The van der Waals surface area contributed by atoms with Crippen LogP contribution in [-0.4, -0.2) is 12.2 Å². The molecule has 1 N–H and O–H groups in total. The highest BCUT2D eigenvalue weighted by atomic mass is 16.2. The molecule has 0 fully saturated rings. The van der Waals surface area contributed by atoms with Gasteiger partial charge in [0.25, 0.3) is 0 Å². The molecule has 1 aromatic rings. The number of amides is 1. The van der Waals surface area contributed by atoms with E-state index in [-0.39, 0.29) is 11.3 Å². The van der Waals surface area contributed by atoms with Crippen molar-refractivity contribution in [2.24, 2.45) is 5.41 Å². The lowest BCUT2D eigenvalue weighted by Gasteiger charge is -2.22. The largest absolute Gasteiger partial charge is 0.325 e. The number of hydrogen-bond donors (Lipinski definition) is 1. The number of rotatable bonds is 2. The lowest BCUT2D eigenvalue weighted by Crippen LogP contribution is -2.28. The molecule has 0 aromatic heterocycles. The summed E-state index contributed by atoms with van der Waals surface area (Å²) >= 11 is 0. The van der Waals surface area contributed by atoms with Crippen LogP contribution in [0, 0.1) is 5.41 Å². The SMILES string of the molecule is CC(C)(C)C(=O)Nc1cc(C(C)(C)C)ccc1C=O. The molecule has 104 valence electrons. The number of hydrogen-bond acceptors (Lipinski definition) is 2. The van der Waals surface area contributed by atoms with Crippen molar-refractivity contribution in [2.75, 3.05) is 5.32 Å². The first kappa shape index (κ1) is 15.4. The number of benzene rings is 1. The number of carbonyl (C=O) groups excluding carboxylic acids is 2. The molecule has 3 nitrogen and oxygen atoms in total. The highest BCUT2D eigenvalue weighted by molar-refractivity contribution is 5.99. The molecule has 0 heterocycles. The minimum absolute atomic E-state index is 0.0252. The van der Waals surface area contributed by atoms with Crippen LogP contribution in [0.25, 0.3) is 0 Å². The van der Waals surface area contributed by atoms with Gasteiger partial charge in [-0.05, 0) is 23.1 Å². The molecular weight excluding hydrogens is 238 g/mol. The van der Waals surface area contributed by atoms with Gasteiger partial charge in [-0.1, -0.05) is 47.6 Å². The fourth-order valence-electron chi connectivity index (χ4n) is 1.54. The number of carbonyl (C=O) groups is 2. The van der Waals surface area contributed by atoms with Gasteiger partial charge in [-0.25, -0.2) is 0 Å². The topological polar surface area (TPSA) is 46.2 Å². The fraction of sp³-hybridized carbons (Fsp3) is 0.500. The van der Waals surface area contributed by atoms with E-state index in [4.69, 9.17) is 0 Å². The third-order valence-corrected chi connectivity index (χ3v) is 2.98. The average molecular weight is 261 g/mol. The van der Waals surface area contributed by atoms with Crippen molar-refractivity contribution >= 4 is 17.9 Å². The van der Waals surface area contributed by atoms with Crippen molar-refractivity contribution < 1.29 is 9.59 Å². The quantitative estimate of drug-likeness (QED) is 0.823. The first-order chi connectivity index (χ1) is 8.55. The third kappa shape index (κ3) is 3.91. The Kier molecular flexibility index (Phi) is 4.18. The lowest BCUT2D eigenvalue weighted by molar-refractivity contribution is -0.123. The zero-order valence-electron chi connectivity index (χ0n) is 12.6. The second-order valence-corrected chi connectivity index (χ2v) is 6.87. The third-order valence-electron chi connectivity index (χ3n) is 2.98. The molecule has 0 radical (unpaired) electrons. The molecule has 0 aliphatic rings. The van der Waals surface area contributed by atoms with E-state index in [0.29, 0.717) is 11.3 Å². The van der Waals surface area contributed by atoms with E-state index in [1.165, 1.54) is 0 Å². The van der Waals surface area contributed by atoms with Crippen LogP contribution in [0.4, 0.5) is 5.69 Å². The molecule has 0 saturated heterocycles. The van der Waals surface area contributed by atoms with Gasteiger partial charge in [0.05, 0.1) is 5.69 Å². The first-order valence-corrected chi connectivity index (χ1v) is 6.47. The van der Waals surface area contributed by atoms with Gasteiger partial charge in [-0.2, -0.15) is 0 Å². The number of nitrogens with one attached hydrogen (secondary N) is 1. The second-order valence-electron chi connectivity index (χ2n) is 6.87. The second kappa shape index (κ2) is 5.16. The summed E-state index contributed by atoms with van der Waals surface area (Å²) in [6.45, 7) is 11.8. The van der Waals surface area contributed by atoms with Crippen LogP contribution in [0.2, 0.25) is 0 Å². The van der Waals surface area contributed by atoms with Crippen LogP contribution in [0.3, 0.4) is 0 Å². The summed E-state index contributed by atoms with van der Waals surface area (Å²) in [5.74, 6) is -0.0957. The van der Waals surface area contributed by atoms with Crippen LogP contribution in [0.1, 0.15) is 57.5 Å². The van der Waals surface area contributed by atoms with Crippen LogP contribution in [0.15, 0.2) is 18.2 Å². The summed E-state index contributed by atoms with van der Waals surface area (Å²) < 4.78 is 0. The van der Waals surface area contributed by atoms with Crippen molar-refractivity contribution in [1.29, 1.82) is 0 Å². The van der Waals surface area contributed by atoms with Gasteiger partial charge in [0.15, 0.2) is 6.29 Å². The van der Waals surface area contributed by atoms with E-state index in [1.54, 1.807) is 6.07 Å². The maximum absolute atomic E-state index is 12.0. The number of anilines is 1. The van der Waals surface area contributed by atoms with Crippen molar-refractivity contribution in [3.05, 3.63) is 29.3 Å². The zero-order valence-corrected chi connectivity index (χ0v) is 12.6. The standard InChI is InChI=1S/C16H23NO2/c1-15(2,3)12-8-7-11(10-18)13(9-12)17-14(19)16(4,5)6/h7-10H,1-6H3,(H,17,19). The van der Waals surface area contributed by atoms with Crippen molar-refractivity contribution in [3.63, 3.8) is 0 Å². The summed E-state index contributed by atoms with van der Waals surface area (Å²) in [5.41, 5.74) is 1.66. The monoisotopic (exact) mass is 261 g/mol. The van der Waals surface area contributed by atoms with E-state index < -0.39 is 5.41 Å². The molecule has 19 heavy (non-hydrogen) atoms. The smallest absolute Gasteiger partial charge is 0.229 e. The summed E-state index contributed by atoms with van der Waals surface area (Å²) in [6, 6.07) is 5.57. The van der Waals surface area contributed by atoms with E-state index in [0.717, 1.165) is 11.8 Å². The molecule has 0 atom stereocenters. The lowest BCUT2D eigenvalue weighted by atomic mass is 9.86. The molecule has 1 aromatic carbocycles. The molecule has 1 rings (SSSR count). The molecule has 0 aliphatic heterocycles. The Hall–Kier alpha value is -1.64. The maximum Gasteiger partial charge on any atom is 0.229 e. The van der Waals surface area contributed by atoms with Gasteiger partial charge in [-0.15, -0.1) is 0 Å². The van der Waals surface area contributed by atoms with Crippen LogP contribution < -0.4 is 5.32 Å². The van der Waals surface area contributed by atoms with E-state index in [9.17, 15) is 9.59 Å². The van der Waals surface area contributed by atoms with Gasteiger partial charge in [0, 0.05) is 11.0 Å². The summed E-state index contributed by atoms with van der Waals surface area (Å²) in [7, 11) is 0. The van der Waals surface area contributed by atoms with Crippen molar-refractivity contribution in [2.45, 2.75) is 47.0 Å². The van der Waals surface area contributed by atoms with E-state index >= 15 is 0 Å². The molecule has 0 spiro atoms. The Balaban J connectivity index is 3.18. The Morgan fingerprint density at radius 1 is 1.11 bits per heavy atom. The predicted molar refractivity (Wildman–Crippen MR) is 78.6 cm³/mol. The molecule has 3 heteroatoms. The first-order valence-electron chi connectivity index (χ1n) is 6.47. The van der Waals surface area contributed by atoms with Gasteiger partial charge in [0.2, 0.25) is 5.91 Å². The summed E-state index contributed by atoms with van der Waals surface area (Å²) in [4.78, 5) is 23.1. The Morgan fingerprint density at radius 2 is 1.68 bits per heavy atom. The Bertz CT molecular complexity index is 490. The minimum Gasteiger partial charge on any atom is -0.325 e. The molecule has 0 unspecified atom stereocenters. The van der Waals surface area contributed by atoms with Gasteiger partial charge >= 0.3 is 0 Å². The van der Waals surface area contributed by atoms with Crippen molar-refractivity contribution in [1.82, 2.24) is 0 Å². The number of aldehydes is 1. The van der Waals surface area contributed by atoms with Gasteiger partial charge in [0.1, 0.15) is 0 Å². The summed E-state index contributed by atoms with van der Waals surface area (Å²) in [5, 5.41) is 2.84. The normalized spacial score (nSPS) is 12.1. The zero-order chi connectivity index (χ0) is 14.8. The van der Waals surface area contributed by atoms with E-state index in [1.807, 2.05) is 32.9 Å². The highest BCUT2D eigenvalue weighted by Crippen LogP contribution is 2.27. The van der Waals surface area contributed by atoms with Crippen LogP contribution in [-0.2, 0) is 10.2 Å². The fourth-order valence-corrected chi connectivity index (χ4v) is 1.54. The van der Waals surface area contributed by atoms with Crippen LogP contribution >= 0.6 is 0 Å². The summed E-state index contributed by atoms with van der Waals surface area (Å²) in [6.07, 6.45) is 0.769. The van der Waals surface area contributed by atoms with E-state index in [2.05, 4.69) is 26.1 Å². The minimum atomic E-state index is -0.488.